The Morgan fingerprint density at radius 1 is 1.16 bits per heavy atom. The summed E-state index contributed by atoms with van der Waals surface area (Å²) in [5, 5.41) is 0.689. The van der Waals surface area contributed by atoms with Gasteiger partial charge in [-0.2, -0.15) is 0 Å². The van der Waals surface area contributed by atoms with Gasteiger partial charge in [-0.15, -0.1) is 0 Å². The summed E-state index contributed by atoms with van der Waals surface area (Å²) in [6, 6.07) is 13.9. The highest BCUT2D eigenvalue weighted by atomic mass is 79.9. The molecule has 19 heavy (non-hydrogen) atoms. The van der Waals surface area contributed by atoms with Gasteiger partial charge in [-0.1, -0.05) is 51.8 Å². The number of imidazole rings is 1. The monoisotopic (exact) mass is 352 g/mol. The number of aromatic nitrogens is 2. The third kappa shape index (κ3) is 2.36. The van der Waals surface area contributed by atoms with Gasteiger partial charge in [-0.05, 0) is 36.0 Å². The second-order valence-corrected chi connectivity index (χ2v) is 5.89. The molecular weight excluding hydrogens is 344 g/mol. The molecule has 0 aliphatic heterocycles. The van der Waals surface area contributed by atoms with E-state index in [1.807, 2.05) is 36.4 Å². The predicted octanol–water partition coefficient (Wildman–Crippen LogP) is 5.16. The Hall–Kier alpha value is -1.10. The van der Waals surface area contributed by atoms with Crippen molar-refractivity contribution in [3.05, 3.63) is 62.3 Å². The van der Waals surface area contributed by atoms with Gasteiger partial charge < -0.3 is 9.55 Å². The lowest BCUT2D eigenvalue weighted by Crippen LogP contribution is -2.00. The van der Waals surface area contributed by atoms with Gasteiger partial charge in [0.25, 0.3) is 0 Å². The first-order chi connectivity index (χ1) is 9.16. The Kier molecular flexibility index (Phi) is 3.48. The highest BCUT2D eigenvalue weighted by Gasteiger charge is 2.08. The van der Waals surface area contributed by atoms with Crippen LogP contribution in [0.5, 0.6) is 0 Å². The molecule has 1 aromatic heterocycles. The summed E-state index contributed by atoms with van der Waals surface area (Å²) in [4.78, 5) is 3.17. The Morgan fingerprint density at radius 3 is 2.74 bits per heavy atom. The molecule has 0 spiro atoms. The van der Waals surface area contributed by atoms with Crippen molar-refractivity contribution in [3.8, 4) is 0 Å². The van der Waals surface area contributed by atoms with E-state index in [0.29, 0.717) is 16.3 Å². The molecule has 0 saturated heterocycles. The van der Waals surface area contributed by atoms with Gasteiger partial charge in [-0.25, -0.2) is 0 Å². The van der Waals surface area contributed by atoms with Crippen molar-refractivity contribution >= 4 is 50.8 Å². The fraction of sp³-hybridized carbons (Fsp3) is 0.0714. The minimum atomic E-state index is 0.679. The number of H-pyrrole nitrogens is 1. The van der Waals surface area contributed by atoms with Crippen molar-refractivity contribution in [2.75, 3.05) is 0 Å². The number of para-hydroxylation sites is 1. The van der Waals surface area contributed by atoms with Gasteiger partial charge in [-0.3, -0.25) is 0 Å². The number of nitrogens with one attached hydrogen (secondary N) is 1. The van der Waals surface area contributed by atoms with E-state index in [1.54, 1.807) is 0 Å². The van der Waals surface area contributed by atoms with Crippen molar-refractivity contribution in [2.45, 2.75) is 6.54 Å². The largest absolute Gasteiger partial charge is 0.329 e. The minimum Gasteiger partial charge on any atom is -0.329 e. The lowest BCUT2D eigenvalue weighted by Gasteiger charge is -2.07. The molecule has 0 radical (unpaired) electrons. The predicted molar refractivity (Wildman–Crippen MR) is 85.4 cm³/mol. The van der Waals surface area contributed by atoms with Crippen LogP contribution in [0.15, 0.2) is 46.9 Å². The van der Waals surface area contributed by atoms with Crippen molar-refractivity contribution in [2.24, 2.45) is 0 Å². The first kappa shape index (κ1) is 12.9. The van der Waals surface area contributed by atoms with Crippen LogP contribution in [0.3, 0.4) is 0 Å². The highest BCUT2D eigenvalue weighted by molar-refractivity contribution is 9.10. The molecule has 2 aromatic carbocycles. The first-order valence-electron chi connectivity index (χ1n) is 5.77. The van der Waals surface area contributed by atoms with Gasteiger partial charge in [0.2, 0.25) is 0 Å². The molecule has 0 fully saturated rings. The second kappa shape index (κ2) is 5.12. The lowest BCUT2D eigenvalue weighted by atomic mass is 10.2. The number of benzene rings is 2. The summed E-state index contributed by atoms with van der Waals surface area (Å²) >= 11 is 15.1. The van der Waals surface area contributed by atoms with E-state index < -0.39 is 0 Å². The van der Waals surface area contributed by atoms with Crippen LogP contribution < -0.4 is 0 Å². The van der Waals surface area contributed by atoms with E-state index in [-0.39, 0.29) is 0 Å². The van der Waals surface area contributed by atoms with Crippen LogP contribution in [0.2, 0.25) is 5.02 Å². The maximum Gasteiger partial charge on any atom is 0.178 e. The molecular formula is C14H10BrClN2S. The van der Waals surface area contributed by atoms with Crippen LogP contribution >= 0.6 is 39.7 Å². The zero-order valence-corrected chi connectivity index (χ0v) is 13.0. The number of nitrogens with zero attached hydrogens (tertiary/aromatic N) is 1. The summed E-state index contributed by atoms with van der Waals surface area (Å²) in [6.45, 7) is 0.709. The SMILES string of the molecule is S=c1[nH]c2c(Cl)cccc2n1Cc1ccccc1Br. The molecule has 0 unspecified atom stereocenters. The van der Waals surface area contributed by atoms with Crippen LogP contribution in [0.1, 0.15) is 5.56 Å². The van der Waals surface area contributed by atoms with E-state index in [2.05, 4.69) is 31.5 Å². The summed E-state index contributed by atoms with van der Waals surface area (Å²) in [6.07, 6.45) is 0. The standard InChI is InChI=1S/C14H10BrClN2S/c15-10-5-2-1-4-9(10)8-18-12-7-3-6-11(16)13(12)17-14(18)19/h1-7H,8H2,(H,17,19). The van der Waals surface area contributed by atoms with Crippen LogP contribution in [0.4, 0.5) is 0 Å². The molecule has 1 N–H and O–H groups in total. The second-order valence-electron chi connectivity index (χ2n) is 4.24. The number of halogens is 2. The number of rotatable bonds is 2. The Labute approximate surface area is 129 Å². The number of fused-ring (bicyclic) bond motifs is 1. The number of hydrogen-bond acceptors (Lipinski definition) is 1. The maximum absolute atomic E-state index is 6.18. The van der Waals surface area contributed by atoms with E-state index in [0.717, 1.165) is 15.5 Å². The quantitative estimate of drug-likeness (QED) is 0.631. The van der Waals surface area contributed by atoms with E-state index in [4.69, 9.17) is 23.8 Å². The van der Waals surface area contributed by atoms with Crippen molar-refractivity contribution in [3.63, 3.8) is 0 Å². The maximum atomic E-state index is 6.18. The van der Waals surface area contributed by atoms with E-state index >= 15 is 0 Å². The molecule has 2 nitrogen and oxygen atoms in total. The molecule has 96 valence electrons. The third-order valence-corrected chi connectivity index (χ3v) is 4.46. The topological polar surface area (TPSA) is 20.7 Å². The van der Waals surface area contributed by atoms with E-state index in [9.17, 15) is 0 Å². The lowest BCUT2D eigenvalue weighted by molar-refractivity contribution is 0.807. The van der Waals surface area contributed by atoms with Gasteiger partial charge in [0, 0.05) is 4.47 Å². The molecule has 1 heterocycles. The number of hydrogen-bond donors (Lipinski definition) is 1. The normalized spacial score (nSPS) is 11.1. The molecule has 0 saturated carbocycles. The van der Waals surface area contributed by atoms with E-state index in [1.165, 1.54) is 5.56 Å². The molecule has 0 bridgehead atoms. The van der Waals surface area contributed by atoms with Crippen LogP contribution in [0.25, 0.3) is 11.0 Å². The Bertz CT molecular complexity index is 807. The molecule has 3 rings (SSSR count). The molecule has 0 aliphatic rings. The third-order valence-electron chi connectivity index (χ3n) is 3.05. The van der Waals surface area contributed by atoms with Gasteiger partial charge in [0.1, 0.15) is 0 Å². The molecule has 3 aromatic rings. The molecule has 0 aliphatic carbocycles. The minimum absolute atomic E-state index is 0.679. The highest BCUT2D eigenvalue weighted by Crippen LogP contribution is 2.24. The Balaban J connectivity index is 2.16. The van der Waals surface area contributed by atoms with Crippen LogP contribution in [0, 0.1) is 4.77 Å². The summed E-state index contributed by atoms with van der Waals surface area (Å²) in [5.41, 5.74) is 3.09. The zero-order chi connectivity index (χ0) is 13.4. The van der Waals surface area contributed by atoms with Gasteiger partial charge in [0.05, 0.1) is 22.6 Å². The average molecular weight is 354 g/mol. The fourth-order valence-corrected chi connectivity index (χ4v) is 2.99. The van der Waals surface area contributed by atoms with Gasteiger partial charge >= 0.3 is 0 Å². The first-order valence-corrected chi connectivity index (χ1v) is 7.35. The summed E-state index contributed by atoms with van der Waals surface area (Å²) < 4.78 is 3.81. The summed E-state index contributed by atoms with van der Waals surface area (Å²) in [7, 11) is 0. The Morgan fingerprint density at radius 2 is 1.95 bits per heavy atom. The van der Waals surface area contributed by atoms with Crippen LogP contribution in [-0.2, 0) is 6.54 Å². The van der Waals surface area contributed by atoms with Crippen molar-refractivity contribution < 1.29 is 0 Å². The average Bonchev–Trinajstić information content (AvgIpc) is 2.71. The van der Waals surface area contributed by atoms with Crippen LogP contribution in [-0.4, -0.2) is 9.55 Å². The summed E-state index contributed by atoms with van der Waals surface area (Å²) in [5.74, 6) is 0. The zero-order valence-electron chi connectivity index (χ0n) is 9.86. The fourth-order valence-electron chi connectivity index (χ4n) is 2.10. The smallest absolute Gasteiger partial charge is 0.178 e. The van der Waals surface area contributed by atoms with Crippen molar-refractivity contribution in [1.82, 2.24) is 9.55 Å². The molecule has 0 atom stereocenters. The molecule has 5 heteroatoms. The van der Waals surface area contributed by atoms with Crippen molar-refractivity contribution in [1.29, 1.82) is 0 Å². The van der Waals surface area contributed by atoms with Gasteiger partial charge in [0.15, 0.2) is 4.77 Å². The molecule has 0 amide bonds. The number of aromatic amines is 1.